The molecule has 1 atom stereocenters. The third-order valence-electron chi connectivity index (χ3n) is 2.50. The molecular weight excluding hydrogens is 164 g/mol. The molecule has 0 saturated carbocycles. The highest BCUT2D eigenvalue weighted by molar-refractivity contribution is 5.05. The fourth-order valence-corrected chi connectivity index (χ4v) is 1.80. The fraction of sp³-hybridized carbons (Fsp3) is 0.667. The van der Waals surface area contributed by atoms with E-state index in [1.807, 2.05) is 12.4 Å². The molecule has 0 aliphatic carbocycles. The van der Waals surface area contributed by atoms with E-state index in [0.717, 1.165) is 26.1 Å². The smallest absolute Gasteiger partial charge is 0.0519 e. The lowest BCUT2D eigenvalue weighted by molar-refractivity contribution is 0.238. The molecule has 1 aliphatic heterocycles. The summed E-state index contributed by atoms with van der Waals surface area (Å²) in [6.07, 6.45) is 4.94. The Bertz CT molecular complexity index is 244. The zero-order valence-corrected chi connectivity index (χ0v) is 7.95. The van der Waals surface area contributed by atoms with E-state index in [0.29, 0.717) is 6.04 Å². The maximum atomic E-state index is 3.94. The molecule has 1 fully saturated rings. The number of aromatic amines is 1. The number of aromatic nitrogens is 2. The van der Waals surface area contributed by atoms with Gasteiger partial charge in [0.15, 0.2) is 0 Å². The highest BCUT2D eigenvalue weighted by Crippen LogP contribution is 2.04. The third kappa shape index (κ3) is 2.29. The van der Waals surface area contributed by atoms with Gasteiger partial charge in [0.1, 0.15) is 0 Å². The summed E-state index contributed by atoms with van der Waals surface area (Å²) < 4.78 is 0. The molecule has 1 aromatic rings. The molecule has 1 unspecified atom stereocenters. The van der Waals surface area contributed by atoms with Crippen LogP contribution >= 0.6 is 0 Å². The van der Waals surface area contributed by atoms with Crippen molar-refractivity contribution in [1.29, 1.82) is 0 Å². The van der Waals surface area contributed by atoms with Gasteiger partial charge in [0, 0.05) is 31.9 Å². The fourth-order valence-electron chi connectivity index (χ4n) is 1.80. The Morgan fingerprint density at radius 3 is 3.31 bits per heavy atom. The number of hydrogen-bond acceptors (Lipinski definition) is 3. The van der Waals surface area contributed by atoms with Gasteiger partial charge in [0.2, 0.25) is 0 Å². The lowest BCUT2D eigenvalue weighted by Gasteiger charge is -2.30. The first-order valence-electron chi connectivity index (χ1n) is 4.74. The van der Waals surface area contributed by atoms with Crippen molar-refractivity contribution in [3.63, 3.8) is 0 Å². The molecular formula is C9H16N4. The van der Waals surface area contributed by atoms with Crippen LogP contribution in [0.5, 0.6) is 0 Å². The lowest BCUT2D eigenvalue weighted by atomic mass is 10.1. The highest BCUT2D eigenvalue weighted by atomic mass is 15.2. The molecule has 4 nitrogen and oxygen atoms in total. The minimum absolute atomic E-state index is 0.580. The van der Waals surface area contributed by atoms with Crippen molar-refractivity contribution in [2.75, 3.05) is 26.7 Å². The van der Waals surface area contributed by atoms with Crippen LogP contribution in [0.1, 0.15) is 5.56 Å². The Morgan fingerprint density at radius 1 is 1.69 bits per heavy atom. The van der Waals surface area contributed by atoms with Gasteiger partial charge in [-0.1, -0.05) is 0 Å². The predicted octanol–water partition coefficient (Wildman–Crippen LogP) is -0.144. The number of nitrogens with one attached hydrogen (secondary N) is 2. The molecule has 0 amide bonds. The summed E-state index contributed by atoms with van der Waals surface area (Å²) in [4.78, 5) is 2.36. The Kier molecular flexibility index (Phi) is 2.61. The summed E-state index contributed by atoms with van der Waals surface area (Å²) in [5, 5.41) is 10.3. The van der Waals surface area contributed by atoms with Gasteiger partial charge in [0.25, 0.3) is 0 Å². The Morgan fingerprint density at radius 2 is 2.62 bits per heavy atom. The zero-order chi connectivity index (χ0) is 9.10. The van der Waals surface area contributed by atoms with Crippen molar-refractivity contribution in [3.05, 3.63) is 18.0 Å². The molecule has 2 rings (SSSR count). The van der Waals surface area contributed by atoms with Crippen LogP contribution in [0.4, 0.5) is 0 Å². The van der Waals surface area contributed by atoms with Gasteiger partial charge in [-0.3, -0.25) is 5.10 Å². The maximum Gasteiger partial charge on any atom is 0.0519 e. The highest BCUT2D eigenvalue weighted by Gasteiger charge is 2.16. The number of rotatable bonds is 2. The van der Waals surface area contributed by atoms with E-state index in [1.54, 1.807) is 0 Å². The molecule has 72 valence electrons. The molecule has 2 N–H and O–H groups in total. The quantitative estimate of drug-likeness (QED) is 0.665. The van der Waals surface area contributed by atoms with E-state index in [4.69, 9.17) is 0 Å². The van der Waals surface area contributed by atoms with E-state index in [9.17, 15) is 0 Å². The standard InChI is InChI=1S/C9H16N4/c1-13-3-2-10-9(7-13)4-8-5-11-12-6-8/h5-6,9-10H,2-4,7H2,1H3,(H,11,12). The van der Waals surface area contributed by atoms with Crippen molar-refractivity contribution in [3.8, 4) is 0 Å². The zero-order valence-electron chi connectivity index (χ0n) is 7.95. The maximum absolute atomic E-state index is 3.94. The lowest BCUT2D eigenvalue weighted by Crippen LogP contribution is -2.49. The van der Waals surface area contributed by atoms with E-state index < -0.39 is 0 Å². The second kappa shape index (κ2) is 3.89. The number of likely N-dealkylation sites (N-methyl/N-ethyl adjacent to an activating group) is 1. The Labute approximate surface area is 78.3 Å². The second-order valence-corrected chi connectivity index (χ2v) is 3.72. The summed E-state index contributed by atoms with van der Waals surface area (Å²) in [5.41, 5.74) is 1.28. The van der Waals surface area contributed by atoms with Crippen LogP contribution in [0.25, 0.3) is 0 Å². The van der Waals surface area contributed by atoms with Crippen molar-refractivity contribution in [2.45, 2.75) is 12.5 Å². The minimum Gasteiger partial charge on any atom is -0.311 e. The van der Waals surface area contributed by atoms with Crippen molar-refractivity contribution in [1.82, 2.24) is 20.4 Å². The van der Waals surface area contributed by atoms with E-state index in [1.165, 1.54) is 5.56 Å². The SMILES string of the molecule is CN1CCNC(Cc2cn[nH]c2)C1. The molecule has 2 heterocycles. The minimum atomic E-state index is 0.580. The van der Waals surface area contributed by atoms with Crippen molar-refractivity contribution in [2.24, 2.45) is 0 Å². The molecule has 0 radical (unpaired) electrons. The van der Waals surface area contributed by atoms with Gasteiger partial charge in [0.05, 0.1) is 6.20 Å². The molecule has 1 aromatic heterocycles. The Balaban J connectivity index is 1.87. The first kappa shape index (κ1) is 8.72. The number of nitrogens with zero attached hydrogens (tertiary/aromatic N) is 2. The summed E-state index contributed by atoms with van der Waals surface area (Å²) in [5.74, 6) is 0. The summed E-state index contributed by atoms with van der Waals surface area (Å²) in [6.45, 7) is 3.38. The largest absolute Gasteiger partial charge is 0.311 e. The topological polar surface area (TPSA) is 44.0 Å². The second-order valence-electron chi connectivity index (χ2n) is 3.72. The van der Waals surface area contributed by atoms with Crippen LogP contribution in [0, 0.1) is 0 Å². The first-order valence-corrected chi connectivity index (χ1v) is 4.74. The van der Waals surface area contributed by atoms with E-state index >= 15 is 0 Å². The number of piperazine rings is 1. The van der Waals surface area contributed by atoms with Gasteiger partial charge >= 0.3 is 0 Å². The van der Waals surface area contributed by atoms with E-state index in [2.05, 4.69) is 27.5 Å². The van der Waals surface area contributed by atoms with Gasteiger partial charge in [-0.05, 0) is 19.0 Å². The van der Waals surface area contributed by atoms with Crippen molar-refractivity contribution < 1.29 is 0 Å². The predicted molar refractivity (Wildman–Crippen MR) is 51.6 cm³/mol. The first-order chi connectivity index (χ1) is 6.34. The van der Waals surface area contributed by atoms with Gasteiger partial charge in [-0.2, -0.15) is 5.10 Å². The Hall–Kier alpha value is -0.870. The average Bonchev–Trinajstić information content (AvgIpc) is 2.57. The van der Waals surface area contributed by atoms with Gasteiger partial charge in [-0.25, -0.2) is 0 Å². The van der Waals surface area contributed by atoms with Crippen LogP contribution in [0.3, 0.4) is 0 Å². The molecule has 0 spiro atoms. The molecule has 13 heavy (non-hydrogen) atoms. The van der Waals surface area contributed by atoms with E-state index in [-0.39, 0.29) is 0 Å². The molecule has 4 heteroatoms. The van der Waals surface area contributed by atoms with Crippen LogP contribution < -0.4 is 5.32 Å². The average molecular weight is 180 g/mol. The van der Waals surface area contributed by atoms with Crippen LogP contribution in [-0.4, -0.2) is 47.8 Å². The molecule has 0 bridgehead atoms. The van der Waals surface area contributed by atoms with Crippen LogP contribution in [0.2, 0.25) is 0 Å². The summed E-state index contributed by atoms with van der Waals surface area (Å²) in [6, 6.07) is 0.580. The molecule has 1 saturated heterocycles. The molecule has 0 aromatic carbocycles. The molecule has 1 aliphatic rings. The van der Waals surface area contributed by atoms with Gasteiger partial charge in [-0.15, -0.1) is 0 Å². The van der Waals surface area contributed by atoms with Crippen molar-refractivity contribution >= 4 is 0 Å². The van der Waals surface area contributed by atoms with Crippen LogP contribution in [-0.2, 0) is 6.42 Å². The third-order valence-corrected chi connectivity index (χ3v) is 2.50. The van der Waals surface area contributed by atoms with Crippen LogP contribution in [0.15, 0.2) is 12.4 Å². The number of hydrogen-bond donors (Lipinski definition) is 2. The van der Waals surface area contributed by atoms with Gasteiger partial charge < -0.3 is 10.2 Å². The monoisotopic (exact) mass is 180 g/mol. The summed E-state index contributed by atoms with van der Waals surface area (Å²) >= 11 is 0. The summed E-state index contributed by atoms with van der Waals surface area (Å²) in [7, 11) is 2.17. The normalized spacial score (nSPS) is 24.8. The number of H-pyrrole nitrogens is 1.